The number of aryl methyl sites for hydroxylation is 1. The average molecular weight is 358 g/mol. The molecule has 1 N–H and O–H groups in total. The van der Waals surface area contributed by atoms with Crippen LogP contribution in [0.1, 0.15) is 47.1 Å². The summed E-state index contributed by atoms with van der Waals surface area (Å²) in [4.78, 5) is 17.9. The number of aromatic nitrogens is 3. The minimum absolute atomic E-state index is 0.105. The van der Waals surface area contributed by atoms with Crippen LogP contribution in [0, 0.1) is 6.92 Å². The van der Waals surface area contributed by atoms with E-state index in [-0.39, 0.29) is 5.91 Å². The number of rotatable bonds is 4. The summed E-state index contributed by atoms with van der Waals surface area (Å²) < 4.78 is 1.96. The molecule has 0 unspecified atom stereocenters. The molecule has 1 fully saturated rings. The SMILES string of the molecule is Cc1nc(-c2ccsc2)sc1C(=O)Nc1ccnn1C1CCCC1. The Balaban J connectivity index is 1.56. The van der Waals surface area contributed by atoms with Crippen LogP contribution in [0.4, 0.5) is 5.82 Å². The lowest BCUT2D eigenvalue weighted by molar-refractivity contribution is 0.102. The van der Waals surface area contributed by atoms with Crippen LogP contribution in [0.5, 0.6) is 0 Å². The Labute approximate surface area is 148 Å². The Morgan fingerprint density at radius 3 is 2.92 bits per heavy atom. The molecule has 3 aromatic heterocycles. The van der Waals surface area contributed by atoms with Gasteiger partial charge in [-0.2, -0.15) is 16.4 Å². The molecular formula is C17H18N4OS2. The van der Waals surface area contributed by atoms with Gasteiger partial charge < -0.3 is 5.32 Å². The van der Waals surface area contributed by atoms with Crippen molar-refractivity contribution < 1.29 is 4.79 Å². The standard InChI is InChI=1S/C17H18N4OS2/c1-11-15(24-17(19-11)12-7-9-23-10-12)16(22)20-14-6-8-18-21(14)13-4-2-3-5-13/h6-10,13H,2-5H2,1H3,(H,20,22). The molecule has 0 aliphatic heterocycles. The van der Waals surface area contributed by atoms with Gasteiger partial charge in [0.05, 0.1) is 17.9 Å². The van der Waals surface area contributed by atoms with Crippen molar-refractivity contribution >= 4 is 34.4 Å². The summed E-state index contributed by atoms with van der Waals surface area (Å²) in [6.07, 6.45) is 6.48. The van der Waals surface area contributed by atoms with Gasteiger partial charge in [0.25, 0.3) is 5.91 Å². The molecule has 3 aromatic rings. The first kappa shape index (κ1) is 15.5. The maximum atomic E-state index is 12.7. The number of nitrogens with zero attached hydrogens (tertiary/aromatic N) is 3. The first-order valence-corrected chi connectivity index (χ1v) is 9.83. The fourth-order valence-corrected chi connectivity index (χ4v) is 4.82. The Bertz CT molecular complexity index is 844. The van der Waals surface area contributed by atoms with Crippen molar-refractivity contribution in [1.29, 1.82) is 0 Å². The van der Waals surface area contributed by atoms with Crippen molar-refractivity contribution in [2.45, 2.75) is 38.6 Å². The number of hydrogen-bond acceptors (Lipinski definition) is 5. The number of carbonyl (C=O) groups excluding carboxylic acids is 1. The minimum Gasteiger partial charge on any atom is -0.306 e. The van der Waals surface area contributed by atoms with Crippen molar-refractivity contribution in [3.05, 3.63) is 39.7 Å². The van der Waals surface area contributed by atoms with Gasteiger partial charge in [0, 0.05) is 17.0 Å². The highest BCUT2D eigenvalue weighted by Crippen LogP contribution is 2.32. The summed E-state index contributed by atoms with van der Waals surface area (Å²) in [5.74, 6) is 0.669. The van der Waals surface area contributed by atoms with Gasteiger partial charge >= 0.3 is 0 Å². The second-order valence-electron chi connectivity index (χ2n) is 6.00. The highest BCUT2D eigenvalue weighted by molar-refractivity contribution is 7.17. The average Bonchev–Trinajstić information content (AvgIpc) is 3.34. The van der Waals surface area contributed by atoms with Crippen LogP contribution in [0.15, 0.2) is 29.1 Å². The molecule has 0 spiro atoms. The van der Waals surface area contributed by atoms with Crippen molar-refractivity contribution in [2.24, 2.45) is 0 Å². The second kappa shape index (κ2) is 6.49. The van der Waals surface area contributed by atoms with Gasteiger partial charge in [-0.1, -0.05) is 12.8 Å². The quantitative estimate of drug-likeness (QED) is 0.732. The first-order chi connectivity index (χ1) is 11.7. The van der Waals surface area contributed by atoms with Crippen LogP contribution < -0.4 is 5.32 Å². The lowest BCUT2D eigenvalue weighted by Gasteiger charge is -2.14. The van der Waals surface area contributed by atoms with Crippen LogP contribution in [0.3, 0.4) is 0 Å². The third-order valence-corrected chi connectivity index (χ3v) is 6.24. The zero-order valence-electron chi connectivity index (χ0n) is 13.4. The molecular weight excluding hydrogens is 340 g/mol. The fraction of sp³-hybridized carbons (Fsp3) is 0.353. The van der Waals surface area contributed by atoms with E-state index in [4.69, 9.17) is 0 Å². The van der Waals surface area contributed by atoms with Crippen LogP contribution >= 0.6 is 22.7 Å². The van der Waals surface area contributed by atoms with Gasteiger partial charge in [-0.3, -0.25) is 4.79 Å². The van der Waals surface area contributed by atoms with Crippen LogP contribution in [0.25, 0.3) is 10.6 Å². The summed E-state index contributed by atoms with van der Waals surface area (Å²) in [6, 6.07) is 4.30. The number of thiophene rings is 1. The Hall–Kier alpha value is -1.99. The number of nitrogens with one attached hydrogen (secondary N) is 1. The number of thiazole rings is 1. The van der Waals surface area contributed by atoms with Gasteiger partial charge in [0.2, 0.25) is 0 Å². The van der Waals surface area contributed by atoms with E-state index in [0.717, 1.165) is 34.9 Å². The molecule has 24 heavy (non-hydrogen) atoms. The molecule has 3 heterocycles. The highest BCUT2D eigenvalue weighted by Gasteiger charge is 2.22. The fourth-order valence-electron chi connectivity index (χ4n) is 3.14. The Kier molecular flexibility index (Phi) is 4.20. The molecule has 1 aliphatic carbocycles. The van der Waals surface area contributed by atoms with Crippen LogP contribution in [-0.2, 0) is 0 Å². The smallest absolute Gasteiger partial charge is 0.268 e. The third-order valence-electron chi connectivity index (χ3n) is 4.35. The maximum Gasteiger partial charge on any atom is 0.268 e. The largest absolute Gasteiger partial charge is 0.306 e. The molecule has 7 heteroatoms. The van der Waals surface area contributed by atoms with E-state index < -0.39 is 0 Å². The number of hydrogen-bond donors (Lipinski definition) is 1. The minimum atomic E-state index is -0.105. The summed E-state index contributed by atoms with van der Waals surface area (Å²) in [5, 5.41) is 12.4. The summed E-state index contributed by atoms with van der Waals surface area (Å²) in [7, 11) is 0. The molecule has 124 valence electrons. The lowest BCUT2D eigenvalue weighted by atomic mass is 10.2. The molecule has 0 atom stereocenters. The van der Waals surface area contributed by atoms with Crippen molar-refractivity contribution in [3.63, 3.8) is 0 Å². The summed E-state index contributed by atoms with van der Waals surface area (Å²) >= 11 is 3.07. The predicted octanol–water partition coefficient (Wildman–Crippen LogP) is 4.74. The Morgan fingerprint density at radius 1 is 1.33 bits per heavy atom. The van der Waals surface area contributed by atoms with E-state index in [1.807, 2.05) is 29.1 Å². The molecule has 0 saturated heterocycles. The first-order valence-electron chi connectivity index (χ1n) is 8.07. The number of amides is 1. The molecule has 1 saturated carbocycles. The topological polar surface area (TPSA) is 59.8 Å². The zero-order valence-corrected chi connectivity index (χ0v) is 15.0. The van der Waals surface area contributed by atoms with Crippen molar-refractivity contribution in [1.82, 2.24) is 14.8 Å². The van der Waals surface area contributed by atoms with E-state index in [9.17, 15) is 4.79 Å². The maximum absolute atomic E-state index is 12.7. The predicted molar refractivity (Wildman–Crippen MR) is 97.8 cm³/mol. The van der Waals surface area contributed by atoms with E-state index in [0.29, 0.717) is 10.9 Å². The highest BCUT2D eigenvalue weighted by atomic mass is 32.1. The Morgan fingerprint density at radius 2 is 2.17 bits per heavy atom. The normalized spacial score (nSPS) is 15.0. The van der Waals surface area contributed by atoms with E-state index in [2.05, 4.69) is 20.8 Å². The van der Waals surface area contributed by atoms with Gasteiger partial charge in [-0.05, 0) is 31.2 Å². The van der Waals surface area contributed by atoms with E-state index >= 15 is 0 Å². The molecule has 1 aliphatic rings. The van der Waals surface area contributed by atoms with Crippen LogP contribution in [0.2, 0.25) is 0 Å². The number of carbonyl (C=O) groups is 1. The summed E-state index contributed by atoms with van der Waals surface area (Å²) in [6.45, 7) is 1.88. The zero-order chi connectivity index (χ0) is 16.5. The van der Waals surface area contributed by atoms with E-state index in [1.165, 1.54) is 24.2 Å². The number of anilines is 1. The van der Waals surface area contributed by atoms with Gasteiger partial charge in [0.1, 0.15) is 15.7 Å². The molecule has 0 bridgehead atoms. The van der Waals surface area contributed by atoms with Gasteiger partial charge in [-0.25, -0.2) is 9.67 Å². The van der Waals surface area contributed by atoms with Gasteiger partial charge in [-0.15, -0.1) is 11.3 Å². The second-order valence-corrected chi connectivity index (χ2v) is 7.78. The lowest BCUT2D eigenvalue weighted by Crippen LogP contribution is -2.17. The van der Waals surface area contributed by atoms with Crippen LogP contribution in [-0.4, -0.2) is 20.7 Å². The third kappa shape index (κ3) is 2.89. The van der Waals surface area contributed by atoms with Gasteiger partial charge in [0.15, 0.2) is 0 Å². The monoisotopic (exact) mass is 358 g/mol. The molecule has 1 amide bonds. The van der Waals surface area contributed by atoms with Crippen molar-refractivity contribution in [3.8, 4) is 10.6 Å². The van der Waals surface area contributed by atoms with E-state index in [1.54, 1.807) is 17.5 Å². The summed E-state index contributed by atoms with van der Waals surface area (Å²) in [5.41, 5.74) is 1.84. The molecule has 0 radical (unpaired) electrons. The molecule has 4 rings (SSSR count). The molecule has 5 nitrogen and oxygen atoms in total. The van der Waals surface area contributed by atoms with Crippen molar-refractivity contribution in [2.75, 3.05) is 5.32 Å². The molecule has 0 aromatic carbocycles.